The molecule has 0 radical (unpaired) electrons. The Labute approximate surface area is 86.9 Å². The maximum atomic E-state index is 11.7. The van der Waals surface area contributed by atoms with Gasteiger partial charge in [0.1, 0.15) is 12.0 Å². The third-order valence-corrected chi connectivity index (χ3v) is 2.64. The maximum absolute atomic E-state index is 11.7. The number of carboxylic acid groups (broad SMARTS) is 1. The molecule has 1 heterocycles. The van der Waals surface area contributed by atoms with E-state index in [2.05, 4.69) is 0 Å². The molecular formula is C11H11O4-. The standard InChI is InChI=1S/C11H12O4/c1-11(2)3-7(12)9-6(10(13)14)5-15-8(9)4-11/h5H,3-4H2,1-2H3,(H,13,14)/p-1. The minimum atomic E-state index is -1.35. The first-order chi connectivity index (χ1) is 6.91. The van der Waals surface area contributed by atoms with Gasteiger partial charge in [0.25, 0.3) is 0 Å². The summed E-state index contributed by atoms with van der Waals surface area (Å²) in [6.07, 6.45) is 2.03. The number of fused-ring (bicyclic) bond motifs is 1. The van der Waals surface area contributed by atoms with Gasteiger partial charge in [-0.05, 0) is 5.41 Å². The molecule has 0 fully saturated rings. The Balaban J connectivity index is 2.53. The number of furan rings is 1. The lowest BCUT2D eigenvalue weighted by Gasteiger charge is -2.27. The van der Waals surface area contributed by atoms with E-state index in [0.717, 1.165) is 6.26 Å². The van der Waals surface area contributed by atoms with Crippen molar-refractivity contribution < 1.29 is 19.1 Å². The van der Waals surface area contributed by atoms with Crippen molar-refractivity contribution in [2.24, 2.45) is 5.41 Å². The molecule has 80 valence electrons. The predicted octanol–water partition coefficient (Wildman–Crippen LogP) is 0.798. The molecule has 0 aliphatic heterocycles. The van der Waals surface area contributed by atoms with Crippen LogP contribution in [0, 0.1) is 5.41 Å². The second-order valence-electron chi connectivity index (χ2n) is 4.68. The Morgan fingerprint density at radius 1 is 1.47 bits per heavy atom. The number of Topliss-reactive ketones (excluding diaryl/α,β-unsaturated/α-hetero) is 1. The van der Waals surface area contributed by atoms with Gasteiger partial charge in [-0.1, -0.05) is 13.8 Å². The van der Waals surface area contributed by atoms with Crippen LogP contribution in [0.5, 0.6) is 0 Å². The fraction of sp³-hybridized carbons (Fsp3) is 0.455. The first kappa shape index (κ1) is 9.96. The van der Waals surface area contributed by atoms with Gasteiger partial charge >= 0.3 is 0 Å². The van der Waals surface area contributed by atoms with Crippen LogP contribution < -0.4 is 5.11 Å². The molecule has 0 saturated carbocycles. The van der Waals surface area contributed by atoms with Crippen LogP contribution in [-0.4, -0.2) is 11.8 Å². The van der Waals surface area contributed by atoms with E-state index in [9.17, 15) is 14.7 Å². The molecule has 0 bridgehead atoms. The van der Waals surface area contributed by atoms with Crippen LogP contribution in [0.3, 0.4) is 0 Å². The van der Waals surface area contributed by atoms with Crippen LogP contribution >= 0.6 is 0 Å². The highest BCUT2D eigenvalue weighted by atomic mass is 16.4. The number of carboxylic acids is 1. The van der Waals surface area contributed by atoms with E-state index in [1.54, 1.807) is 0 Å². The summed E-state index contributed by atoms with van der Waals surface area (Å²) in [6, 6.07) is 0. The smallest absolute Gasteiger partial charge is 0.167 e. The quantitative estimate of drug-likeness (QED) is 0.682. The van der Waals surface area contributed by atoms with Crippen LogP contribution in [0.25, 0.3) is 0 Å². The number of carbonyl (C=O) groups excluding carboxylic acids is 2. The molecule has 0 N–H and O–H groups in total. The first-order valence-corrected chi connectivity index (χ1v) is 4.76. The monoisotopic (exact) mass is 207 g/mol. The minimum Gasteiger partial charge on any atom is -0.545 e. The molecular weight excluding hydrogens is 196 g/mol. The zero-order valence-electron chi connectivity index (χ0n) is 8.62. The van der Waals surface area contributed by atoms with Crippen LogP contribution in [0.15, 0.2) is 10.7 Å². The summed E-state index contributed by atoms with van der Waals surface area (Å²) in [4.78, 5) is 22.5. The average molecular weight is 207 g/mol. The van der Waals surface area contributed by atoms with Gasteiger partial charge in [0.15, 0.2) is 5.78 Å². The molecule has 0 atom stereocenters. The molecule has 0 unspecified atom stereocenters. The minimum absolute atomic E-state index is 0.120. The van der Waals surface area contributed by atoms with Crippen LogP contribution in [0.4, 0.5) is 0 Å². The summed E-state index contributed by atoms with van der Waals surface area (Å²) in [5, 5.41) is 10.7. The third kappa shape index (κ3) is 1.56. The predicted molar refractivity (Wildman–Crippen MR) is 49.5 cm³/mol. The van der Waals surface area contributed by atoms with E-state index < -0.39 is 5.97 Å². The molecule has 2 rings (SSSR count). The Morgan fingerprint density at radius 3 is 2.73 bits per heavy atom. The number of aromatic carboxylic acids is 1. The molecule has 15 heavy (non-hydrogen) atoms. The SMILES string of the molecule is CC1(C)CC(=O)c2c(C(=O)[O-])coc2C1. The average Bonchev–Trinajstić information content (AvgIpc) is 2.45. The van der Waals surface area contributed by atoms with Gasteiger partial charge in [-0.2, -0.15) is 0 Å². The summed E-state index contributed by atoms with van der Waals surface area (Å²) < 4.78 is 5.11. The lowest BCUT2D eigenvalue weighted by atomic mass is 9.76. The molecule has 0 spiro atoms. The largest absolute Gasteiger partial charge is 0.545 e. The number of hydrogen-bond acceptors (Lipinski definition) is 4. The second-order valence-corrected chi connectivity index (χ2v) is 4.68. The van der Waals surface area contributed by atoms with E-state index >= 15 is 0 Å². The van der Waals surface area contributed by atoms with Gasteiger partial charge < -0.3 is 14.3 Å². The number of hydrogen-bond donors (Lipinski definition) is 0. The lowest BCUT2D eigenvalue weighted by Crippen LogP contribution is -2.29. The molecule has 0 amide bonds. The first-order valence-electron chi connectivity index (χ1n) is 4.76. The molecule has 4 nitrogen and oxygen atoms in total. The Kier molecular flexibility index (Phi) is 1.96. The number of ketones is 1. The molecule has 0 saturated heterocycles. The van der Waals surface area contributed by atoms with Crippen LogP contribution in [-0.2, 0) is 6.42 Å². The summed E-state index contributed by atoms with van der Waals surface area (Å²) in [5.41, 5.74) is -0.0784. The summed E-state index contributed by atoms with van der Waals surface area (Å²) in [5.74, 6) is -1.06. The summed E-state index contributed by atoms with van der Waals surface area (Å²) >= 11 is 0. The zero-order chi connectivity index (χ0) is 11.2. The van der Waals surface area contributed by atoms with Gasteiger partial charge in [-0.25, -0.2) is 0 Å². The van der Waals surface area contributed by atoms with Gasteiger partial charge in [-0.15, -0.1) is 0 Å². The van der Waals surface area contributed by atoms with Gasteiger partial charge in [-0.3, -0.25) is 4.79 Å². The van der Waals surface area contributed by atoms with Crippen LogP contribution in [0.1, 0.15) is 46.7 Å². The summed E-state index contributed by atoms with van der Waals surface area (Å²) in [6.45, 7) is 3.91. The van der Waals surface area contributed by atoms with Crippen molar-refractivity contribution in [2.75, 3.05) is 0 Å². The van der Waals surface area contributed by atoms with Crippen molar-refractivity contribution in [3.05, 3.63) is 23.2 Å². The fourth-order valence-electron chi connectivity index (χ4n) is 2.00. The second kappa shape index (κ2) is 2.95. The van der Waals surface area contributed by atoms with E-state index in [4.69, 9.17) is 4.42 Å². The zero-order valence-corrected chi connectivity index (χ0v) is 8.62. The van der Waals surface area contributed by atoms with E-state index in [1.165, 1.54) is 0 Å². The molecule has 0 aromatic carbocycles. The van der Waals surface area contributed by atoms with E-state index in [-0.39, 0.29) is 22.3 Å². The summed E-state index contributed by atoms with van der Waals surface area (Å²) in [7, 11) is 0. The Morgan fingerprint density at radius 2 is 2.13 bits per heavy atom. The van der Waals surface area contributed by atoms with Crippen molar-refractivity contribution in [3.63, 3.8) is 0 Å². The van der Waals surface area contributed by atoms with Crippen molar-refractivity contribution in [3.8, 4) is 0 Å². The molecule has 1 aliphatic rings. The Hall–Kier alpha value is -1.58. The maximum Gasteiger partial charge on any atom is 0.167 e. The van der Waals surface area contributed by atoms with Crippen molar-refractivity contribution in [1.29, 1.82) is 0 Å². The third-order valence-electron chi connectivity index (χ3n) is 2.64. The highest BCUT2D eigenvalue weighted by molar-refractivity contribution is 6.06. The highest BCUT2D eigenvalue weighted by Gasteiger charge is 2.35. The topological polar surface area (TPSA) is 70.3 Å². The fourth-order valence-corrected chi connectivity index (χ4v) is 2.00. The molecule has 1 aromatic rings. The normalized spacial score (nSPS) is 18.7. The molecule has 4 heteroatoms. The van der Waals surface area contributed by atoms with Gasteiger partial charge in [0.2, 0.25) is 0 Å². The Bertz CT molecular complexity index is 439. The molecule has 1 aromatic heterocycles. The van der Waals surface area contributed by atoms with Gasteiger partial charge in [0, 0.05) is 18.4 Å². The van der Waals surface area contributed by atoms with Crippen molar-refractivity contribution in [2.45, 2.75) is 26.7 Å². The molecule has 1 aliphatic carbocycles. The van der Waals surface area contributed by atoms with Gasteiger partial charge in [0.05, 0.1) is 11.5 Å². The van der Waals surface area contributed by atoms with Crippen molar-refractivity contribution in [1.82, 2.24) is 0 Å². The number of rotatable bonds is 1. The van der Waals surface area contributed by atoms with E-state index in [0.29, 0.717) is 18.6 Å². The van der Waals surface area contributed by atoms with Crippen LogP contribution in [0.2, 0.25) is 0 Å². The lowest BCUT2D eigenvalue weighted by molar-refractivity contribution is -0.255. The number of carbonyl (C=O) groups is 2. The van der Waals surface area contributed by atoms with Crippen molar-refractivity contribution >= 4 is 11.8 Å². The highest BCUT2D eigenvalue weighted by Crippen LogP contribution is 2.36. The van der Waals surface area contributed by atoms with E-state index in [1.807, 2.05) is 13.8 Å².